The molecule has 0 heterocycles. The van der Waals surface area contributed by atoms with Gasteiger partial charge >= 0.3 is 64.3 Å². The van der Waals surface area contributed by atoms with Crippen LogP contribution in [0.1, 0.15) is 26.3 Å². The Bertz CT molecular complexity index is 487. The Labute approximate surface area is 158 Å². The molecule has 0 fully saturated rings. The molecule has 2 N–H and O–H groups in total. The molecule has 0 saturated carbocycles. The maximum absolute atomic E-state index is 12.6. The molecule has 1 aromatic carbocycles. The van der Waals surface area contributed by atoms with E-state index in [4.69, 9.17) is 10.5 Å². The summed E-state index contributed by atoms with van der Waals surface area (Å²) in [7, 11) is 0. The van der Waals surface area contributed by atoms with Gasteiger partial charge in [-0.1, -0.05) is 12.1 Å². The molecule has 0 aliphatic carbocycles. The molecule has 0 amide bonds. The van der Waals surface area contributed by atoms with Gasteiger partial charge in [0, 0.05) is 5.69 Å². The summed E-state index contributed by atoms with van der Waals surface area (Å²) in [6.07, 6.45) is -0.235. The molecule has 1 rings (SSSR count). The number of benzene rings is 1. The first kappa shape index (κ1) is 20.0. The molecule has 20 heavy (non-hydrogen) atoms. The molecule has 3 nitrogen and oxygen atoms in total. The van der Waals surface area contributed by atoms with Gasteiger partial charge in [0.1, 0.15) is 5.60 Å². The summed E-state index contributed by atoms with van der Waals surface area (Å²) in [5, 5.41) is 0. The summed E-state index contributed by atoms with van der Waals surface area (Å²) in [5.41, 5.74) is 4.12. The maximum atomic E-state index is 12.6. The second-order valence-electron chi connectivity index (χ2n) is 5.35. The molecular weight excluding hydrogens is 297 g/mol. The van der Waals surface area contributed by atoms with Crippen LogP contribution in [-0.2, 0) is 16.0 Å². The number of hydrogen-bond donors (Lipinski definition) is 1. The molecule has 0 spiro atoms. The van der Waals surface area contributed by atoms with Crippen LogP contribution in [0.3, 0.4) is 0 Å². The number of esters is 1. The first-order chi connectivity index (χ1) is 8.47. The van der Waals surface area contributed by atoms with E-state index in [1.807, 2.05) is 0 Å². The van der Waals surface area contributed by atoms with Crippen LogP contribution < -0.4 is 62.6 Å². The van der Waals surface area contributed by atoms with E-state index in [1.54, 1.807) is 20.8 Å². The largest absolute Gasteiger partial charge is 1.00 e. The Balaban J connectivity index is 0.00000361. The maximum Gasteiger partial charge on any atom is 1.00 e. The zero-order chi connectivity index (χ0) is 14.8. The molecular formula is C12H16BF3KNO2. The van der Waals surface area contributed by atoms with E-state index in [0.717, 1.165) is 12.1 Å². The van der Waals surface area contributed by atoms with E-state index < -0.39 is 24.0 Å². The van der Waals surface area contributed by atoms with Crippen molar-refractivity contribution in [1.29, 1.82) is 0 Å². The standard InChI is InChI=1S/C12H16BF3NO2.K/c1-12(2,3)19-11(18)6-8-4-9(13(14,15)16)7-10(17)5-8;/h4-5,7H,6,17H2,1-3H3;/q-1;+1. The van der Waals surface area contributed by atoms with Crippen molar-refractivity contribution in [2.75, 3.05) is 5.73 Å². The average Bonchev–Trinajstić information content (AvgIpc) is 2.11. The van der Waals surface area contributed by atoms with Gasteiger partial charge in [-0.25, -0.2) is 0 Å². The third-order valence-electron chi connectivity index (χ3n) is 2.18. The van der Waals surface area contributed by atoms with E-state index in [0.29, 0.717) is 0 Å². The fraction of sp³-hybridized carbons (Fsp3) is 0.417. The summed E-state index contributed by atoms with van der Waals surface area (Å²) in [6.45, 7) is -0.0682. The summed E-state index contributed by atoms with van der Waals surface area (Å²) in [4.78, 5) is 11.6. The molecule has 0 saturated heterocycles. The van der Waals surface area contributed by atoms with Gasteiger partial charge in [-0.3, -0.25) is 4.79 Å². The molecule has 106 valence electrons. The van der Waals surface area contributed by atoms with Crippen molar-refractivity contribution < 1.29 is 73.9 Å². The number of rotatable bonds is 3. The van der Waals surface area contributed by atoms with Crippen LogP contribution in [-0.4, -0.2) is 18.5 Å². The van der Waals surface area contributed by atoms with Gasteiger partial charge in [0.15, 0.2) is 0 Å². The predicted octanol–water partition coefficient (Wildman–Crippen LogP) is -0.789. The van der Waals surface area contributed by atoms with Gasteiger partial charge in [0.2, 0.25) is 0 Å². The monoisotopic (exact) mass is 313 g/mol. The molecule has 0 atom stereocenters. The number of hydrogen-bond acceptors (Lipinski definition) is 3. The Morgan fingerprint density at radius 2 is 1.80 bits per heavy atom. The summed E-state index contributed by atoms with van der Waals surface area (Å²) in [5.74, 6) is -0.585. The van der Waals surface area contributed by atoms with Crippen molar-refractivity contribution in [3.8, 4) is 0 Å². The third-order valence-corrected chi connectivity index (χ3v) is 2.18. The number of carbonyl (C=O) groups is 1. The Hall–Kier alpha value is -0.0187. The Morgan fingerprint density at radius 1 is 1.25 bits per heavy atom. The van der Waals surface area contributed by atoms with Gasteiger partial charge in [0.25, 0.3) is 0 Å². The van der Waals surface area contributed by atoms with Crippen molar-refractivity contribution in [1.82, 2.24) is 0 Å². The summed E-state index contributed by atoms with van der Waals surface area (Å²) >= 11 is 0. The smallest absolute Gasteiger partial charge is 0.460 e. The van der Waals surface area contributed by atoms with Crippen LogP contribution in [0.2, 0.25) is 0 Å². The first-order valence-electron chi connectivity index (χ1n) is 5.78. The minimum atomic E-state index is -5.14. The topological polar surface area (TPSA) is 52.3 Å². The fourth-order valence-corrected chi connectivity index (χ4v) is 1.58. The average molecular weight is 313 g/mol. The molecule has 0 aliphatic rings. The number of ether oxygens (including phenoxy) is 1. The number of anilines is 1. The van der Waals surface area contributed by atoms with Crippen LogP contribution >= 0.6 is 0 Å². The first-order valence-corrected chi connectivity index (χ1v) is 5.78. The van der Waals surface area contributed by atoms with Gasteiger partial charge in [0.05, 0.1) is 6.42 Å². The van der Waals surface area contributed by atoms with Crippen LogP contribution in [0, 0.1) is 0 Å². The molecule has 0 unspecified atom stereocenters. The van der Waals surface area contributed by atoms with Gasteiger partial charge < -0.3 is 23.4 Å². The van der Waals surface area contributed by atoms with E-state index in [1.165, 1.54) is 6.07 Å². The minimum absolute atomic E-state index is 0. The second kappa shape index (κ2) is 7.31. The number of nitrogen functional groups attached to an aromatic ring is 1. The number of carbonyl (C=O) groups excluding carboxylic acids is 1. The zero-order valence-corrected chi connectivity index (χ0v) is 15.2. The predicted molar refractivity (Wildman–Crippen MR) is 69.1 cm³/mol. The van der Waals surface area contributed by atoms with Crippen molar-refractivity contribution in [2.45, 2.75) is 32.8 Å². The third kappa shape index (κ3) is 7.12. The van der Waals surface area contributed by atoms with E-state index in [2.05, 4.69) is 0 Å². The van der Waals surface area contributed by atoms with Crippen molar-refractivity contribution in [2.24, 2.45) is 0 Å². The normalized spacial score (nSPS) is 11.7. The van der Waals surface area contributed by atoms with Crippen molar-refractivity contribution >= 4 is 24.1 Å². The zero-order valence-electron chi connectivity index (χ0n) is 12.0. The molecule has 0 aliphatic heterocycles. The molecule has 0 radical (unpaired) electrons. The fourth-order valence-electron chi connectivity index (χ4n) is 1.58. The van der Waals surface area contributed by atoms with Crippen LogP contribution in [0.4, 0.5) is 18.6 Å². The molecule has 0 bridgehead atoms. The summed E-state index contributed by atoms with van der Waals surface area (Å²) in [6, 6.07) is 3.13. The van der Waals surface area contributed by atoms with Crippen LogP contribution in [0.25, 0.3) is 0 Å². The SMILES string of the molecule is CC(C)(C)OC(=O)Cc1cc(N)cc([B-](F)(F)F)c1.[K+]. The van der Waals surface area contributed by atoms with Crippen LogP contribution in [0.15, 0.2) is 18.2 Å². The van der Waals surface area contributed by atoms with Gasteiger partial charge in [-0.15, -0.1) is 5.46 Å². The second-order valence-corrected chi connectivity index (χ2v) is 5.35. The molecule has 0 aromatic heterocycles. The Morgan fingerprint density at radius 3 is 2.25 bits per heavy atom. The molecule has 8 heteroatoms. The quantitative estimate of drug-likeness (QED) is 0.452. The summed E-state index contributed by atoms with van der Waals surface area (Å²) < 4.78 is 43.0. The van der Waals surface area contributed by atoms with Crippen molar-refractivity contribution in [3.63, 3.8) is 0 Å². The Kier molecular flexibility index (Phi) is 7.30. The van der Waals surface area contributed by atoms with Crippen LogP contribution in [0.5, 0.6) is 0 Å². The van der Waals surface area contributed by atoms with Gasteiger partial charge in [-0.05, 0) is 32.4 Å². The van der Waals surface area contributed by atoms with E-state index >= 15 is 0 Å². The number of nitrogens with two attached hydrogens (primary N) is 1. The van der Waals surface area contributed by atoms with Gasteiger partial charge in [-0.2, -0.15) is 0 Å². The number of halogens is 3. The van der Waals surface area contributed by atoms with E-state index in [9.17, 15) is 17.7 Å². The van der Waals surface area contributed by atoms with E-state index in [-0.39, 0.29) is 69.1 Å². The molecule has 1 aromatic rings. The van der Waals surface area contributed by atoms with Crippen molar-refractivity contribution in [3.05, 3.63) is 23.8 Å². The minimum Gasteiger partial charge on any atom is -0.460 e.